The first-order valence-electron chi connectivity index (χ1n) is 9.57. The van der Waals surface area contributed by atoms with Crippen LogP contribution in [0.25, 0.3) is 5.78 Å². The van der Waals surface area contributed by atoms with Gasteiger partial charge in [0, 0.05) is 30.2 Å². The van der Waals surface area contributed by atoms with Gasteiger partial charge in [0.1, 0.15) is 0 Å². The van der Waals surface area contributed by atoms with Crippen LogP contribution in [0.3, 0.4) is 0 Å². The molecular weight excluding hydrogens is 424 g/mol. The highest BCUT2D eigenvalue weighted by atomic mass is 32.2. The average Bonchev–Trinajstić information content (AvgIpc) is 3.37. The van der Waals surface area contributed by atoms with Crippen LogP contribution in [0, 0.1) is 13.8 Å². The Morgan fingerprint density at radius 3 is 2.70 bits per heavy atom. The topological polar surface area (TPSA) is 110 Å². The maximum atomic E-state index is 12.7. The lowest BCUT2D eigenvalue weighted by atomic mass is 10.3. The van der Waals surface area contributed by atoms with Crippen molar-refractivity contribution in [2.75, 3.05) is 24.2 Å². The molecule has 0 unspecified atom stereocenters. The van der Waals surface area contributed by atoms with Crippen LogP contribution < -0.4 is 5.32 Å². The Bertz CT molecular complexity index is 1200. The number of hydrogen-bond acceptors (Lipinski definition) is 7. The standard InChI is InChI=1S/C19H22N6O3S2/c1-13-10-14(2)25-18(20-13)22-23-19(25)29-12-17(26)21-15-6-5-7-16(11-15)30(27,28)24-8-3-4-9-24/h5-7,10-11H,3-4,8-9,12H2,1-2H3,(H,21,26). The number of carbonyl (C=O) groups is 1. The minimum atomic E-state index is -3.53. The zero-order valence-corrected chi connectivity index (χ0v) is 18.3. The zero-order valence-electron chi connectivity index (χ0n) is 16.7. The number of amides is 1. The van der Waals surface area contributed by atoms with Gasteiger partial charge >= 0.3 is 0 Å². The van der Waals surface area contributed by atoms with E-state index in [9.17, 15) is 13.2 Å². The molecule has 1 aliphatic heterocycles. The van der Waals surface area contributed by atoms with Crippen molar-refractivity contribution >= 4 is 39.2 Å². The number of rotatable bonds is 6. The molecule has 1 N–H and O–H groups in total. The van der Waals surface area contributed by atoms with Crippen molar-refractivity contribution in [3.05, 3.63) is 41.7 Å². The highest BCUT2D eigenvalue weighted by molar-refractivity contribution is 7.99. The first-order valence-corrected chi connectivity index (χ1v) is 12.0. The van der Waals surface area contributed by atoms with Crippen LogP contribution in [0.5, 0.6) is 0 Å². The Labute approximate surface area is 179 Å². The molecule has 158 valence electrons. The predicted molar refractivity (Wildman–Crippen MR) is 114 cm³/mol. The number of hydrogen-bond donors (Lipinski definition) is 1. The van der Waals surface area contributed by atoms with Crippen molar-refractivity contribution in [2.45, 2.75) is 36.7 Å². The summed E-state index contributed by atoms with van der Waals surface area (Å²) < 4.78 is 28.7. The molecule has 0 saturated carbocycles. The van der Waals surface area contributed by atoms with Gasteiger partial charge in [-0.1, -0.05) is 17.8 Å². The number of sulfonamides is 1. The van der Waals surface area contributed by atoms with E-state index in [0.29, 0.717) is 29.7 Å². The number of benzene rings is 1. The van der Waals surface area contributed by atoms with Crippen LogP contribution in [-0.4, -0.2) is 57.1 Å². The van der Waals surface area contributed by atoms with Crippen LogP contribution in [0.2, 0.25) is 0 Å². The number of nitrogens with zero attached hydrogens (tertiary/aromatic N) is 5. The number of nitrogens with one attached hydrogen (secondary N) is 1. The summed E-state index contributed by atoms with van der Waals surface area (Å²) in [6.45, 7) is 4.90. The van der Waals surface area contributed by atoms with Crippen molar-refractivity contribution in [1.29, 1.82) is 0 Å². The zero-order chi connectivity index (χ0) is 21.3. The summed E-state index contributed by atoms with van der Waals surface area (Å²) in [5.74, 6) is 0.345. The number of aromatic nitrogens is 4. The first kappa shape index (κ1) is 20.8. The van der Waals surface area contributed by atoms with Crippen LogP contribution in [0.15, 0.2) is 40.4 Å². The number of anilines is 1. The monoisotopic (exact) mass is 446 g/mol. The van der Waals surface area contributed by atoms with E-state index >= 15 is 0 Å². The molecule has 3 heterocycles. The van der Waals surface area contributed by atoms with Crippen LogP contribution in [0.4, 0.5) is 5.69 Å². The Kier molecular flexibility index (Phi) is 5.76. The molecule has 11 heteroatoms. The molecule has 0 spiro atoms. The fourth-order valence-corrected chi connectivity index (χ4v) is 5.78. The third-order valence-corrected chi connectivity index (χ3v) is 7.64. The first-order chi connectivity index (χ1) is 14.3. The Morgan fingerprint density at radius 1 is 1.17 bits per heavy atom. The Hall–Kier alpha value is -2.50. The highest BCUT2D eigenvalue weighted by Gasteiger charge is 2.27. The Balaban J connectivity index is 1.44. The number of fused-ring (bicyclic) bond motifs is 1. The summed E-state index contributed by atoms with van der Waals surface area (Å²) in [6, 6.07) is 8.29. The summed E-state index contributed by atoms with van der Waals surface area (Å²) in [7, 11) is -3.53. The van der Waals surface area contributed by atoms with E-state index in [1.165, 1.54) is 22.1 Å². The van der Waals surface area contributed by atoms with Crippen LogP contribution >= 0.6 is 11.8 Å². The van der Waals surface area contributed by atoms with E-state index < -0.39 is 10.0 Å². The highest BCUT2D eigenvalue weighted by Crippen LogP contribution is 2.24. The minimum Gasteiger partial charge on any atom is -0.325 e. The van der Waals surface area contributed by atoms with Gasteiger partial charge in [-0.25, -0.2) is 13.4 Å². The van der Waals surface area contributed by atoms with Gasteiger partial charge in [-0.05, 0) is 51.0 Å². The number of thioether (sulfide) groups is 1. The molecule has 0 atom stereocenters. The van der Waals surface area contributed by atoms with E-state index in [0.717, 1.165) is 24.2 Å². The van der Waals surface area contributed by atoms with E-state index in [1.54, 1.807) is 22.6 Å². The molecule has 2 aromatic heterocycles. The molecule has 0 aliphatic carbocycles. The third kappa shape index (κ3) is 4.18. The fraction of sp³-hybridized carbons (Fsp3) is 0.368. The largest absolute Gasteiger partial charge is 0.325 e. The van der Waals surface area contributed by atoms with Gasteiger partial charge in [-0.3, -0.25) is 9.20 Å². The van der Waals surface area contributed by atoms with E-state index in [-0.39, 0.29) is 16.6 Å². The summed E-state index contributed by atoms with van der Waals surface area (Å²) in [5.41, 5.74) is 2.23. The van der Waals surface area contributed by atoms with Crippen molar-refractivity contribution < 1.29 is 13.2 Å². The second-order valence-corrected chi connectivity index (χ2v) is 10.0. The minimum absolute atomic E-state index is 0.108. The summed E-state index contributed by atoms with van der Waals surface area (Å²) in [6.07, 6.45) is 1.75. The molecular formula is C19H22N6O3S2. The summed E-state index contributed by atoms with van der Waals surface area (Å²) in [4.78, 5) is 17.0. The molecule has 4 rings (SSSR count). The molecule has 9 nitrogen and oxygen atoms in total. The van der Waals surface area contributed by atoms with Gasteiger partial charge in [-0.2, -0.15) is 4.31 Å². The molecule has 0 bridgehead atoms. The molecule has 1 saturated heterocycles. The van der Waals surface area contributed by atoms with Crippen LogP contribution in [-0.2, 0) is 14.8 Å². The number of aryl methyl sites for hydroxylation is 2. The van der Waals surface area contributed by atoms with Gasteiger partial charge in [0.25, 0.3) is 5.78 Å². The summed E-state index contributed by atoms with van der Waals surface area (Å²) >= 11 is 1.24. The van der Waals surface area contributed by atoms with Gasteiger partial charge in [-0.15, -0.1) is 10.2 Å². The van der Waals surface area contributed by atoms with Crippen molar-refractivity contribution in [3.63, 3.8) is 0 Å². The SMILES string of the molecule is Cc1cc(C)n2c(SCC(=O)Nc3cccc(S(=O)(=O)N4CCCC4)c3)nnc2n1. The maximum Gasteiger partial charge on any atom is 0.256 e. The van der Waals surface area contributed by atoms with Crippen LogP contribution in [0.1, 0.15) is 24.2 Å². The fourth-order valence-electron chi connectivity index (χ4n) is 3.43. The van der Waals surface area contributed by atoms with Gasteiger partial charge in [0.05, 0.1) is 10.6 Å². The molecule has 1 amide bonds. The quantitative estimate of drug-likeness (QED) is 0.578. The van der Waals surface area contributed by atoms with E-state index in [1.807, 2.05) is 19.9 Å². The lowest BCUT2D eigenvalue weighted by molar-refractivity contribution is -0.113. The molecule has 1 fully saturated rings. The molecule has 1 aliphatic rings. The van der Waals surface area contributed by atoms with Crippen molar-refractivity contribution in [3.8, 4) is 0 Å². The number of carbonyl (C=O) groups excluding carboxylic acids is 1. The molecule has 0 radical (unpaired) electrons. The van der Waals surface area contributed by atoms with Gasteiger partial charge in [0.2, 0.25) is 15.9 Å². The Morgan fingerprint density at radius 2 is 1.93 bits per heavy atom. The molecule has 3 aromatic rings. The third-order valence-electron chi connectivity index (χ3n) is 4.82. The van der Waals surface area contributed by atoms with Crippen molar-refractivity contribution in [1.82, 2.24) is 23.9 Å². The van der Waals surface area contributed by atoms with Gasteiger partial charge in [0.15, 0.2) is 5.16 Å². The second-order valence-electron chi connectivity index (χ2n) is 7.13. The second kappa shape index (κ2) is 8.32. The van der Waals surface area contributed by atoms with E-state index in [4.69, 9.17) is 0 Å². The summed E-state index contributed by atoms with van der Waals surface area (Å²) in [5, 5.41) is 11.5. The smallest absolute Gasteiger partial charge is 0.256 e. The lowest BCUT2D eigenvalue weighted by Crippen LogP contribution is -2.28. The molecule has 30 heavy (non-hydrogen) atoms. The maximum absolute atomic E-state index is 12.7. The van der Waals surface area contributed by atoms with Crippen molar-refractivity contribution in [2.24, 2.45) is 0 Å². The normalized spacial score (nSPS) is 15.0. The molecule has 1 aromatic carbocycles. The average molecular weight is 447 g/mol. The predicted octanol–water partition coefficient (Wildman–Crippen LogP) is 2.26. The lowest BCUT2D eigenvalue weighted by Gasteiger charge is -2.16. The van der Waals surface area contributed by atoms with Gasteiger partial charge < -0.3 is 5.32 Å². The van der Waals surface area contributed by atoms with E-state index in [2.05, 4.69) is 20.5 Å².